The highest BCUT2D eigenvalue weighted by Gasteiger charge is 2.25. The number of nitrogens with one attached hydrogen (secondary N) is 2. The molecule has 0 spiro atoms. The fourth-order valence-corrected chi connectivity index (χ4v) is 3.57. The Kier molecular flexibility index (Phi) is 6.77. The summed E-state index contributed by atoms with van der Waals surface area (Å²) in [6.07, 6.45) is -0.695. The molecule has 0 fully saturated rings. The number of carbonyl (C=O) groups is 2. The molecule has 1 atom stereocenters. The zero-order valence-electron chi connectivity index (χ0n) is 19.1. The second-order valence-electron chi connectivity index (χ2n) is 7.54. The van der Waals surface area contributed by atoms with Crippen molar-refractivity contribution in [2.45, 2.75) is 19.4 Å². The number of aromatic nitrogens is 2. The lowest BCUT2D eigenvalue weighted by molar-refractivity contribution is -0.124. The summed E-state index contributed by atoms with van der Waals surface area (Å²) >= 11 is 0. The van der Waals surface area contributed by atoms with Gasteiger partial charge in [0, 0.05) is 29.4 Å². The molecule has 34 heavy (non-hydrogen) atoms. The minimum atomic E-state index is -0.992. The average molecular weight is 460 g/mol. The molecule has 0 aliphatic heterocycles. The van der Waals surface area contributed by atoms with Gasteiger partial charge >= 0.3 is 5.97 Å². The molecule has 0 saturated carbocycles. The number of imidazole rings is 1. The number of nitrogens with zero attached hydrogens (tertiary/aromatic N) is 1. The Balaban J connectivity index is 1.54. The third-order valence-corrected chi connectivity index (χ3v) is 5.32. The molecule has 8 heteroatoms. The van der Waals surface area contributed by atoms with Gasteiger partial charge in [0.2, 0.25) is 0 Å². The summed E-state index contributed by atoms with van der Waals surface area (Å²) in [5, 5.41) is 2.77. The molecule has 0 aliphatic carbocycles. The zero-order chi connectivity index (χ0) is 24.1. The summed E-state index contributed by atoms with van der Waals surface area (Å²) in [4.78, 5) is 33.8. The third-order valence-electron chi connectivity index (χ3n) is 5.32. The van der Waals surface area contributed by atoms with Crippen LogP contribution >= 0.6 is 0 Å². The molecule has 4 rings (SSSR count). The van der Waals surface area contributed by atoms with E-state index >= 15 is 0 Å². The van der Waals surface area contributed by atoms with E-state index in [0.29, 0.717) is 40.6 Å². The SMILES string of the molecule is CCC(OC(=O)c1ccccc1-c1nc2ccccc2[nH]1)C(=O)Nc1cc(OC)cc(OC)c1. The second-order valence-corrected chi connectivity index (χ2v) is 7.54. The van der Waals surface area contributed by atoms with Gasteiger partial charge in [-0.2, -0.15) is 0 Å². The van der Waals surface area contributed by atoms with Gasteiger partial charge in [-0.25, -0.2) is 9.78 Å². The molecule has 8 nitrogen and oxygen atoms in total. The number of ether oxygens (including phenoxy) is 3. The van der Waals surface area contributed by atoms with Gasteiger partial charge in [-0.3, -0.25) is 4.79 Å². The predicted octanol–water partition coefficient (Wildman–Crippen LogP) is 4.82. The standard InChI is InChI=1S/C26H25N3O5/c1-4-23(25(30)27-16-13-17(32-2)15-18(14-16)33-3)34-26(31)20-10-6-5-9-19(20)24-28-21-11-7-8-12-22(21)29-24/h5-15,23H,4H2,1-3H3,(H,27,30)(H,28,29). The van der Waals surface area contributed by atoms with Crippen LogP contribution < -0.4 is 14.8 Å². The molecule has 0 saturated heterocycles. The van der Waals surface area contributed by atoms with Crippen LogP contribution in [0.5, 0.6) is 11.5 Å². The van der Waals surface area contributed by atoms with Gasteiger partial charge in [-0.1, -0.05) is 37.3 Å². The lowest BCUT2D eigenvalue weighted by Crippen LogP contribution is -2.32. The molecule has 2 N–H and O–H groups in total. The quantitative estimate of drug-likeness (QED) is 0.366. The molecule has 174 valence electrons. The van der Waals surface area contributed by atoms with Gasteiger partial charge in [0.1, 0.15) is 17.3 Å². The number of benzene rings is 3. The molecule has 4 aromatic rings. The predicted molar refractivity (Wildman–Crippen MR) is 129 cm³/mol. The Hall–Kier alpha value is -4.33. The Morgan fingerprint density at radius 2 is 1.65 bits per heavy atom. The molecule has 1 amide bonds. The first-order valence-electron chi connectivity index (χ1n) is 10.8. The van der Waals surface area contributed by atoms with E-state index in [1.165, 1.54) is 14.2 Å². The molecular weight excluding hydrogens is 434 g/mol. The van der Waals surface area contributed by atoms with Crippen molar-refractivity contribution in [1.82, 2.24) is 9.97 Å². The maximum absolute atomic E-state index is 13.1. The molecule has 1 unspecified atom stereocenters. The lowest BCUT2D eigenvalue weighted by Gasteiger charge is -2.17. The summed E-state index contributed by atoms with van der Waals surface area (Å²) in [5.74, 6) is 0.544. The van der Waals surface area contributed by atoms with Gasteiger partial charge in [0.15, 0.2) is 6.10 Å². The molecule has 1 aromatic heterocycles. The summed E-state index contributed by atoms with van der Waals surface area (Å²) in [7, 11) is 3.05. The molecule has 0 bridgehead atoms. The van der Waals surface area contributed by atoms with Crippen molar-refractivity contribution in [2.24, 2.45) is 0 Å². The van der Waals surface area contributed by atoms with Crippen molar-refractivity contribution in [3.8, 4) is 22.9 Å². The third kappa shape index (κ3) is 4.85. The smallest absolute Gasteiger partial charge is 0.339 e. The number of amides is 1. The number of fused-ring (bicyclic) bond motifs is 1. The van der Waals surface area contributed by atoms with Crippen LogP contribution in [0.1, 0.15) is 23.7 Å². The van der Waals surface area contributed by atoms with Crippen LogP contribution in [0.4, 0.5) is 5.69 Å². The van der Waals surface area contributed by atoms with Crippen molar-refractivity contribution >= 4 is 28.6 Å². The van der Waals surface area contributed by atoms with Crippen LogP contribution in [-0.2, 0) is 9.53 Å². The second kappa shape index (κ2) is 10.1. The van der Waals surface area contributed by atoms with E-state index in [0.717, 1.165) is 11.0 Å². The van der Waals surface area contributed by atoms with Crippen LogP contribution in [0, 0.1) is 0 Å². The Morgan fingerprint density at radius 1 is 0.971 bits per heavy atom. The van der Waals surface area contributed by atoms with Gasteiger partial charge in [-0.15, -0.1) is 0 Å². The molecule has 1 heterocycles. The van der Waals surface area contributed by atoms with Crippen molar-refractivity contribution in [1.29, 1.82) is 0 Å². The number of anilines is 1. The number of rotatable bonds is 8. The number of carbonyl (C=O) groups excluding carboxylic acids is 2. The monoisotopic (exact) mass is 459 g/mol. The van der Waals surface area contributed by atoms with E-state index in [1.54, 1.807) is 43.3 Å². The van der Waals surface area contributed by atoms with Crippen molar-refractivity contribution in [3.63, 3.8) is 0 Å². The number of para-hydroxylation sites is 2. The molecule has 3 aromatic carbocycles. The lowest BCUT2D eigenvalue weighted by atomic mass is 10.1. The van der Waals surface area contributed by atoms with E-state index in [9.17, 15) is 9.59 Å². The van der Waals surface area contributed by atoms with Gasteiger partial charge in [-0.05, 0) is 24.6 Å². The first kappa shape index (κ1) is 22.8. The fraction of sp³-hybridized carbons (Fsp3) is 0.192. The first-order valence-corrected chi connectivity index (χ1v) is 10.8. The summed E-state index contributed by atoms with van der Waals surface area (Å²) in [6, 6.07) is 19.6. The fourth-order valence-electron chi connectivity index (χ4n) is 3.57. The Morgan fingerprint density at radius 3 is 2.32 bits per heavy atom. The maximum Gasteiger partial charge on any atom is 0.339 e. The first-order chi connectivity index (χ1) is 16.5. The summed E-state index contributed by atoms with van der Waals surface area (Å²) in [6.45, 7) is 1.77. The molecule has 0 aliphatic rings. The van der Waals surface area contributed by atoms with Crippen LogP contribution in [0.15, 0.2) is 66.7 Å². The van der Waals surface area contributed by atoms with E-state index in [2.05, 4.69) is 15.3 Å². The highest BCUT2D eigenvalue weighted by Crippen LogP contribution is 2.27. The van der Waals surface area contributed by atoms with Crippen LogP contribution in [0.25, 0.3) is 22.4 Å². The van der Waals surface area contributed by atoms with Crippen molar-refractivity contribution in [2.75, 3.05) is 19.5 Å². The average Bonchev–Trinajstić information content (AvgIpc) is 3.31. The number of methoxy groups -OCH3 is 2. The van der Waals surface area contributed by atoms with E-state index in [4.69, 9.17) is 14.2 Å². The van der Waals surface area contributed by atoms with Crippen molar-refractivity contribution < 1.29 is 23.8 Å². The minimum Gasteiger partial charge on any atom is -0.497 e. The number of aromatic amines is 1. The highest BCUT2D eigenvalue weighted by molar-refractivity contribution is 6.00. The number of hydrogen-bond donors (Lipinski definition) is 2. The largest absolute Gasteiger partial charge is 0.497 e. The number of H-pyrrole nitrogens is 1. The number of hydrogen-bond acceptors (Lipinski definition) is 6. The Labute approximate surface area is 196 Å². The normalized spacial score (nSPS) is 11.6. The van der Waals surface area contributed by atoms with E-state index in [1.807, 2.05) is 30.3 Å². The Bertz CT molecular complexity index is 1280. The molecule has 0 radical (unpaired) electrons. The number of esters is 1. The topological polar surface area (TPSA) is 103 Å². The van der Waals surface area contributed by atoms with E-state index < -0.39 is 18.0 Å². The van der Waals surface area contributed by atoms with Crippen molar-refractivity contribution in [3.05, 3.63) is 72.3 Å². The maximum atomic E-state index is 13.1. The van der Waals surface area contributed by atoms with Crippen LogP contribution in [-0.4, -0.2) is 42.2 Å². The summed E-state index contributed by atoms with van der Waals surface area (Å²) < 4.78 is 16.1. The van der Waals surface area contributed by atoms with E-state index in [-0.39, 0.29) is 0 Å². The molecular formula is C26H25N3O5. The van der Waals surface area contributed by atoms with Crippen LogP contribution in [0.3, 0.4) is 0 Å². The zero-order valence-corrected chi connectivity index (χ0v) is 19.1. The van der Waals surface area contributed by atoms with Gasteiger partial charge in [0.05, 0.1) is 30.8 Å². The highest BCUT2D eigenvalue weighted by atomic mass is 16.5. The van der Waals surface area contributed by atoms with Crippen LogP contribution in [0.2, 0.25) is 0 Å². The van der Waals surface area contributed by atoms with Gasteiger partial charge in [0.25, 0.3) is 5.91 Å². The minimum absolute atomic E-state index is 0.297. The summed E-state index contributed by atoms with van der Waals surface area (Å²) in [5.41, 5.74) is 3.03. The van der Waals surface area contributed by atoms with Gasteiger partial charge < -0.3 is 24.5 Å².